The minimum Gasteiger partial charge on any atom is -0.496 e. The molecule has 8 heteroatoms. The third-order valence-corrected chi connectivity index (χ3v) is 8.14. The molecule has 0 amide bonds. The number of anilines is 2. The third-order valence-electron chi connectivity index (χ3n) is 6.56. The Morgan fingerprint density at radius 2 is 1.63 bits per heavy atom. The number of methoxy groups -OCH3 is 2. The van der Waals surface area contributed by atoms with Crippen LogP contribution in [0.4, 0.5) is 11.4 Å². The second-order valence-electron chi connectivity index (χ2n) is 10.2. The lowest BCUT2D eigenvalue weighted by molar-refractivity contribution is 0.413. The highest BCUT2D eigenvalue weighted by Gasteiger charge is 2.27. The normalized spacial score (nSPS) is 14.3. The van der Waals surface area contributed by atoms with Crippen LogP contribution < -0.4 is 24.3 Å². The molecular formula is C30H36N2O5S. The van der Waals surface area contributed by atoms with Crippen molar-refractivity contribution in [2.45, 2.75) is 52.0 Å². The van der Waals surface area contributed by atoms with E-state index in [0.29, 0.717) is 12.3 Å². The molecule has 0 aliphatic carbocycles. The lowest BCUT2D eigenvalue weighted by atomic mass is 9.85. The molecule has 0 saturated carbocycles. The number of nitrogens with one attached hydrogen (secondary N) is 2. The number of para-hydroxylation sites is 2. The maximum absolute atomic E-state index is 12.3. The molecule has 3 aromatic rings. The van der Waals surface area contributed by atoms with Crippen molar-refractivity contribution in [3.05, 3.63) is 71.8 Å². The van der Waals surface area contributed by atoms with E-state index in [1.54, 1.807) is 40.2 Å². The van der Waals surface area contributed by atoms with E-state index in [1.807, 2.05) is 30.3 Å². The molecule has 1 aliphatic rings. The van der Waals surface area contributed by atoms with Gasteiger partial charge < -0.3 is 24.3 Å². The van der Waals surface area contributed by atoms with Crippen molar-refractivity contribution in [3.8, 4) is 28.4 Å². The van der Waals surface area contributed by atoms with Crippen molar-refractivity contribution in [2.75, 3.05) is 24.9 Å². The van der Waals surface area contributed by atoms with Gasteiger partial charge in [-0.2, -0.15) is 8.42 Å². The maximum atomic E-state index is 12.3. The van der Waals surface area contributed by atoms with E-state index in [2.05, 4.69) is 49.6 Å². The monoisotopic (exact) mass is 536 g/mol. The highest BCUT2D eigenvalue weighted by molar-refractivity contribution is 7.87. The van der Waals surface area contributed by atoms with Gasteiger partial charge in [-0.15, -0.1) is 0 Å². The number of fused-ring (bicyclic) bond motifs is 1. The van der Waals surface area contributed by atoms with E-state index >= 15 is 0 Å². The number of rotatable bonds is 9. The molecule has 38 heavy (non-hydrogen) atoms. The van der Waals surface area contributed by atoms with Gasteiger partial charge in [-0.05, 0) is 81.7 Å². The molecule has 0 radical (unpaired) electrons. The average Bonchev–Trinajstić information content (AvgIpc) is 2.86. The zero-order chi connectivity index (χ0) is 27.7. The first kappa shape index (κ1) is 27.4. The van der Waals surface area contributed by atoms with Crippen LogP contribution in [0.3, 0.4) is 0 Å². The molecule has 1 aliphatic heterocycles. The highest BCUT2D eigenvalue weighted by atomic mass is 32.2. The molecule has 0 spiro atoms. The zero-order valence-corrected chi connectivity index (χ0v) is 23.8. The molecule has 3 aromatic carbocycles. The summed E-state index contributed by atoms with van der Waals surface area (Å²) in [5, 5.41) is 6.52. The molecule has 1 heterocycles. The Labute approximate surface area is 226 Å². The lowest BCUT2D eigenvalue weighted by Crippen LogP contribution is -2.32. The van der Waals surface area contributed by atoms with Gasteiger partial charge in [0.05, 0.1) is 30.7 Å². The second kappa shape index (κ2) is 10.6. The quantitative estimate of drug-likeness (QED) is 0.294. The SMILES string of the molecule is COc1ccccc1NCc1c(-c2ccc(OS(=O)(=O)C(C)C)cc2OC)ccc2c1C(C)=CC(C)(C)N2. The largest absolute Gasteiger partial charge is 0.496 e. The topological polar surface area (TPSA) is 85.9 Å². The number of ether oxygens (including phenoxy) is 2. The molecule has 0 fully saturated rings. The summed E-state index contributed by atoms with van der Waals surface area (Å²) >= 11 is 0. The Hall–Kier alpha value is -3.65. The predicted molar refractivity (Wildman–Crippen MR) is 155 cm³/mol. The summed E-state index contributed by atoms with van der Waals surface area (Å²) in [6.45, 7) is 10.1. The highest BCUT2D eigenvalue weighted by Crippen LogP contribution is 2.43. The minimum atomic E-state index is -3.73. The summed E-state index contributed by atoms with van der Waals surface area (Å²) in [6, 6.07) is 17.1. The van der Waals surface area contributed by atoms with Gasteiger partial charge in [0.25, 0.3) is 0 Å². The number of hydrogen-bond acceptors (Lipinski definition) is 7. The third kappa shape index (κ3) is 5.60. The number of benzene rings is 3. The number of hydrogen-bond donors (Lipinski definition) is 2. The fourth-order valence-electron chi connectivity index (χ4n) is 4.79. The summed E-state index contributed by atoms with van der Waals surface area (Å²) in [7, 11) is -0.506. The first-order chi connectivity index (χ1) is 18.0. The number of allylic oxidation sites excluding steroid dienone is 1. The molecule has 0 unspecified atom stereocenters. The molecule has 0 bridgehead atoms. The van der Waals surface area contributed by atoms with Crippen LogP contribution in [0.15, 0.2) is 60.7 Å². The van der Waals surface area contributed by atoms with Crippen LogP contribution >= 0.6 is 0 Å². The summed E-state index contributed by atoms with van der Waals surface area (Å²) < 4.78 is 41.3. The van der Waals surface area contributed by atoms with E-state index in [1.165, 1.54) is 5.57 Å². The van der Waals surface area contributed by atoms with Gasteiger partial charge in [-0.3, -0.25) is 0 Å². The van der Waals surface area contributed by atoms with E-state index < -0.39 is 15.4 Å². The average molecular weight is 537 g/mol. The first-order valence-electron chi connectivity index (χ1n) is 12.6. The zero-order valence-electron chi connectivity index (χ0n) is 23.0. The Morgan fingerprint density at radius 1 is 0.947 bits per heavy atom. The van der Waals surface area contributed by atoms with Gasteiger partial charge >= 0.3 is 10.1 Å². The maximum Gasteiger partial charge on any atom is 0.311 e. The van der Waals surface area contributed by atoms with Crippen molar-refractivity contribution in [3.63, 3.8) is 0 Å². The summed E-state index contributed by atoms with van der Waals surface area (Å²) in [5.74, 6) is 1.49. The van der Waals surface area contributed by atoms with Gasteiger partial charge in [0.15, 0.2) is 0 Å². The van der Waals surface area contributed by atoms with Crippen LogP contribution in [-0.4, -0.2) is 33.4 Å². The van der Waals surface area contributed by atoms with Crippen LogP contribution in [0.1, 0.15) is 45.7 Å². The molecule has 202 valence electrons. The van der Waals surface area contributed by atoms with Crippen molar-refractivity contribution in [2.24, 2.45) is 0 Å². The molecular weight excluding hydrogens is 500 g/mol. The van der Waals surface area contributed by atoms with Gasteiger partial charge in [0, 0.05) is 29.4 Å². The second-order valence-corrected chi connectivity index (χ2v) is 12.3. The molecule has 0 aromatic heterocycles. The Balaban J connectivity index is 1.84. The van der Waals surface area contributed by atoms with Gasteiger partial charge in [-0.25, -0.2) is 0 Å². The Bertz CT molecular complexity index is 1480. The van der Waals surface area contributed by atoms with Crippen LogP contribution in [0, 0.1) is 0 Å². The first-order valence-corrected chi connectivity index (χ1v) is 14.1. The van der Waals surface area contributed by atoms with Crippen molar-refractivity contribution in [1.29, 1.82) is 0 Å². The van der Waals surface area contributed by atoms with E-state index in [-0.39, 0.29) is 11.3 Å². The van der Waals surface area contributed by atoms with Crippen LogP contribution in [0.2, 0.25) is 0 Å². The van der Waals surface area contributed by atoms with Crippen LogP contribution in [-0.2, 0) is 16.7 Å². The molecule has 4 rings (SSSR count). The van der Waals surface area contributed by atoms with Crippen LogP contribution in [0.25, 0.3) is 16.7 Å². The van der Waals surface area contributed by atoms with Crippen molar-refractivity contribution in [1.82, 2.24) is 0 Å². The van der Waals surface area contributed by atoms with E-state index in [0.717, 1.165) is 39.4 Å². The molecule has 2 N–H and O–H groups in total. The Kier molecular flexibility index (Phi) is 7.65. The lowest BCUT2D eigenvalue weighted by Gasteiger charge is -2.33. The fraction of sp³-hybridized carbons (Fsp3) is 0.333. The molecule has 7 nitrogen and oxygen atoms in total. The standard InChI is InChI=1S/C30H36N2O5S/c1-19(2)38(33,34)37-21-12-13-23(28(16-21)36-7)22-14-15-26-29(20(3)17-30(4,5)32-26)24(22)18-31-25-10-8-9-11-27(25)35-6/h8-17,19,31-32H,18H2,1-7H3. The smallest absolute Gasteiger partial charge is 0.311 e. The van der Waals surface area contributed by atoms with E-state index in [4.69, 9.17) is 13.7 Å². The predicted octanol–water partition coefficient (Wildman–Crippen LogP) is 6.71. The summed E-state index contributed by atoms with van der Waals surface area (Å²) in [6.07, 6.45) is 2.23. The fourth-order valence-corrected chi connectivity index (χ4v) is 5.35. The minimum absolute atomic E-state index is 0.176. The Morgan fingerprint density at radius 3 is 2.32 bits per heavy atom. The van der Waals surface area contributed by atoms with Gasteiger partial charge in [0.2, 0.25) is 0 Å². The van der Waals surface area contributed by atoms with Crippen molar-refractivity contribution >= 4 is 27.1 Å². The molecule has 0 saturated heterocycles. The van der Waals surface area contributed by atoms with E-state index in [9.17, 15) is 8.42 Å². The van der Waals surface area contributed by atoms with Crippen LogP contribution in [0.5, 0.6) is 17.2 Å². The summed E-state index contributed by atoms with van der Waals surface area (Å²) in [5.41, 5.74) is 6.93. The van der Waals surface area contributed by atoms with Gasteiger partial charge in [0.1, 0.15) is 17.2 Å². The summed E-state index contributed by atoms with van der Waals surface area (Å²) in [4.78, 5) is 0. The van der Waals surface area contributed by atoms with Gasteiger partial charge in [-0.1, -0.05) is 24.3 Å². The molecule has 0 atom stereocenters. The van der Waals surface area contributed by atoms with Crippen molar-refractivity contribution < 1.29 is 22.1 Å².